The Balaban J connectivity index is 0. The number of benzene rings is 1. The summed E-state index contributed by atoms with van der Waals surface area (Å²) in [4.78, 5) is 10.5. The number of hydrogen-bond acceptors (Lipinski definition) is 5. The second-order valence-corrected chi connectivity index (χ2v) is 5.10. The summed E-state index contributed by atoms with van der Waals surface area (Å²) in [5.74, 6) is 0. The molecule has 0 amide bonds. The fourth-order valence-corrected chi connectivity index (χ4v) is 2.05. The van der Waals surface area contributed by atoms with Crippen LogP contribution in [0.4, 0.5) is 11.4 Å². The third kappa shape index (κ3) is 8.66. The normalized spacial score (nSPS) is 12.3. The molecule has 124 valence electrons. The van der Waals surface area contributed by atoms with Crippen LogP contribution in [0.15, 0.2) is 30.9 Å². The minimum Gasteiger partial charge on any atom is -0.391 e. The number of nitrogens with two attached hydrogens (primary N) is 1. The van der Waals surface area contributed by atoms with Gasteiger partial charge in [-0.05, 0) is 37.8 Å². The van der Waals surface area contributed by atoms with E-state index in [4.69, 9.17) is 5.73 Å². The molecule has 0 aliphatic heterocycles. The number of rotatable bonds is 9. The van der Waals surface area contributed by atoms with Gasteiger partial charge < -0.3 is 16.2 Å². The van der Waals surface area contributed by atoms with E-state index in [0.29, 0.717) is 25.1 Å². The van der Waals surface area contributed by atoms with E-state index in [0.717, 1.165) is 12.0 Å². The van der Waals surface area contributed by atoms with Crippen molar-refractivity contribution >= 4 is 51.4 Å². The Hall–Kier alpha value is -0.674. The molecule has 2 atom stereocenters. The first-order chi connectivity index (χ1) is 9.95. The summed E-state index contributed by atoms with van der Waals surface area (Å²) in [7, 11) is 0. The standard InChI is InChI=1S/C15H23N3O3.BrH.Mg/c1-3-5-15(19)12(16)6-4-9-17-13-10-11(2)7-8-14(13)18(20)21;;/h3,7-8,10,12,15,17,19H,1,4-6,9,16H2,2H3;1H;/q;;+2. The number of aliphatic hydroxyl groups is 1. The van der Waals surface area contributed by atoms with Crippen molar-refractivity contribution in [1.82, 2.24) is 0 Å². The number of nitrogens with zero attached hydrogens (tertiary/aromatic N) is 1. The number of nitrogens with one attached hydrogen (secondary N) is 1. The molecule has 1 rings (SSSR count). The molecule has 1 aromatic rings. The predicted octanol–water partition coefficient (Wildman–Crippen LogP) is 2.56. The Morgan fingerprint density at radius 1 is 1.52 bits per heavy atom. The monoisotopic (exact) mass is 397 g/mol. The zero-order valence-electron chi connectivity index (χ0n) is 13.4. The maximum Gasteiger partial charge on any atom is 2.00 e. The van der Waals surface area contributed by atoms with E-state index in [1.54, 1.807) is 18.2 Å². The molecule has 6 nitrogen and oxygen atoms in total. The number of aliphatic hydroxyl groups excluding tert-OH is 1. The fraction of sp³-hybridized carbons (Fsp3) is 0.467. The van der Waals surface area contributed by atoms with Crippen LogP contribution in [0.1, 0.15) is 24.8 Å². The van der Waals surface area contributed by atoms with Gasteiger partial charge in [-0.3, -0.25) is 10.1 Å². The van der Waals surface area contributed by atoms with Crippen LogP contribution < -0.4 is 11.1 Å². The first kappa shape index (κ1) is 24.6. The van der Waals surface area contributed by atoms with Crippen molar-refractivity contribution in [2.24, 2.45) is 5.73 Å². The predicted molar refractivity (Wildman–Crippen MR) is 100 cm³/mol. The zero-order valence-corrected chi connectivity index (χ0v) is 16.5. The van der Waals surface area contributed by atoms with E-state index >= 15 is 0 Å². The molecule has 0 saturated carbocycles. The Kier molecular flexibility index (Phi) is 13.6. The van der Waals surface area contributed by atoms with Gasteiger partial charge in [-0.1, -0.05) is 12.1 Å². The molecule has 0 heterocycles. The number of hydrogen-bond donors (Lipinski definition) is 3. The van der Waals surface area contributed by atoms with Gasteiger partial charge in [-0.15, -0.1) is 23.6 Å². The second kappa shape index (κ2) is 12.7. The fourth-order valence-electron chi connectivity index (χ4n) is 2.05. The minimum atomic E-state index is -0.587. The number of halogens is 1. The van der Waals surface area contributed by atoms with Crippen molar-refractivity contribution in [3.8, 4) is 0 Å². The molecule has 0 fully saturated rings. The Morgan fingerprint density at radius 2 is 2.17 bits per heavy atom. The van der Waals surface area contributed by atoms with Crippen LogP contribution in [-0.2, 0) is 0 Å². The molecule has 0 bridgehead atoms. The van der Waals surface area contributed by atoms with E-state index in [9.17, 15) is 15.2 Å². The van der Waals surface area contributed by atoms with Crippen LogP contribution in [0.25, 0.3) is 0 Å². The summed E-state index contributed by atoms with van der Waals surface area (Å²) in [6.07, 6.45) is 2.88. The zero-order chi connectivity index (χ0) is 15.8. The van der Waals surface area contributed by atoms with Crippen LogP contribution in [-0.4, -0.2) is 51.8 Å². The number of nitro benzene ring substituents is 1. The van der Waals surface area contributed by atoms with Crippen molar-refractivity contribution < 1.29 is 10.0 Å². The van der Waals surface area contributed by atoms with Gasteiger partial charge in [0.15, 0.2) is 0 Å². The summed E-state index contributed by atoms with van der Waals surface area (Å²) < 4.78 is 0. The Labute approximate surface area is 163 Å². The van der Waals surface area contributed by atoms with E-state index in [-0.39, 0.29) is 51.8 Å². The third-order valence-electron chi connectivity index (χ3n) is 3.28. The van der Waals surface area contributed by atoms with Gasteiger partial charge in [0, 0.05) is 18.7 Å². The van der Waals surface area contributed by atoms with E-state index < -0.39 is 11.0 Å². The number of anilines is 1. The SMILES string of the molecule is Br.C=CCC(O)C(N)CCCNc1cc(C)ccc1[N+](=O)[O-].[Mg+2]. The first-order valence-corrected chi connectivity index (χ1v) is 6.99. The van der Waals surface area contributed by atoms with Gasteiger partial charge in [0.1, 0.15) is 5.69 Å². The molecule has 0 aromatic heterocycles. The van der Waals surface area contributed by atoms with Crippen molar-refractivity contribution in [3.63, 3.8) is 0 Å². The summed E-state index contributed by atoms with van der Waals surface area (Å²) >= 11 is 0. The Bertz CT molecular complexity index is 503. The molecule has 8 heteroatoms. The summed E-state index contributed by atoms with van der Waals surface area (Å²) in [6.45, 7) is 6.02. The van der Waals surface area contributed by atoms with Crippen molar-refractivity contribution in [2.75, 3.05) is 11.9 Å². The minimum absolute atomic E-state index is 0. The van der Waals surface area contributed by atoms with Crippen molar-refractivity contribution in [1.29, 1.82) is 0 Å². The van der Waals surface area contributed by atoms with Gasteiger partial charge in [0.2, 0.25) is 0 Å². The average Bonchev–Trinajstić information content (AvgIpc) is 2.43. The molecule has 0 radical (unpaired) electrons. The molecule has 0 spiro atoms. The van der Waals surface area contributed by atoms with Gasteiger partial charge in [-0.2, -0.15) is 0 Å². The van der Waals surface area contributed by atoms with Crippen LogP contribution in [0.2, 0.25) is 0 Å². The van der Waals surface area contributed by atoms with Gasteiger partial charge in [-0.25, -0.2) is 0 Å². The van der Waals surface area contributed by atoms with Crippen molar-refractivity contribution in [3.05, 3.63) is 46.5 Å². The van der Waals surface area contributed by atoms with Crippen LogP contribution in [0.3, 0.4) is 0 Å². The van der Waals surface area contributed by atoms with E-state index in [1.165, 1.54) is 6.07 Å². The molecule has 23 heavy (non-hydrogen) atoms. The number of nitro groups is 1. The maximum atomic E-state index is 10.9. The van der Waals surface area contributed by atoms with Gasteiger partial charge >= 0.3 is 23.1 Å². The van der Waals surface area contributed by atoms with Gasteiger partial charge in [0.25, 0.3) is 5.69 Å². The summed E-state index contributed by atoms with van der Waals surface area (Å²) in [5.41, 5.74) is 7.39. The molecular weight excluding hydrogens is 374 g/mol. The second-order valence-electron chi connectivity index (χ2n) is 5.10. The first-order valence-electron chi connectivity index (χ1n) is 6.99. The molecular formula is C15H24BrMgN3O3+2. The van der Waals surface area contributed by atoms with Crippen LogP contribution >= 0.6 is 17.0 Å². The topological polar surface area (TPSA) is 101 Å². The third-order valence-corrected chi connectivity index (χ3v) is 3.28. The quantitative estimate of drug-likeness (QED) is 0.195. The molecule has 4 N–H and O–H groups in total. The smallest absolute Gasteiger partial charge is 0.391 e. The summed E-state index contributed by atoms with van der Waals surface area (Å²) in [5, 5.41) is 23.7. The average molecular weight is 399 g/mol. The summed E-state index contributed by atoms with van der Waals surface area (Å²) in [6, 6.07) is 4.66. The van der Waals surface area contributed by atoms with Crippen molar-refractivity contribution in [2.45, 2.75) is 38.3 Å². The molecule has 0 aliphatic carbocycles. The van der Waals surface area contributed by atoms with E-state index in [1.807, 2.05) is 6.92 Å². The molecule has 2 unspecified atom stereocenters. The van der Waals surface area contributed by atoms with Gasteiger partial charge in [0.05, 0.1) is 11.0 Å². The largest absolute Gasteiger partial charge is 2.00 e. The number of aryl methyl sites for hydroxylation is 1. The maximum absolute atomic E-state index is 10.9. The van der Waals surface area contributed by atoms with Crippen LogP contribution in [0, 0.1) is 17.0 Å². The Morgan fingerprint density at radius 3 is 2.74 bits per heavy atom. The molecule has 0 saturated heterocycles. The molecule has 0 aliphatic rings. The van der Waals surface area contributed by atoms with E-state index in [2.05, 4.69) is 11.9 Å². The molecule has 1 aromatic carbocycles. The van der Waals surface area contributed by atoms with Crippen LogP contribution in [0.5, 0.6) is 0 Å².